The van der Waals surface area contributed by atoms with Gasteiger partial charge >= 0.3 is 6.18 Å². The van der Waals surface area contributed by atoms with E-state index in [1.165, 1.54) is 12.1 Å². The summed E-state index contributed by atoms with van der Waals surface area (Å²) in [6, 6.07) is 15.0. The summed E-state index contributed by atoms with van der Waals surface area (Å²) >= 11 is 6.11. The Bertz CT molecular complexity index is 795. The van der Waals surface area contributed by atoms with Crippen LogP contribution in [0.3, 0.4) is 0 Å². The maximum atomic E-state index is 12.6. The zero-order chi connectivity index (χ0) is 15.0. The number of aromatic nitrogens is 1. The van der Waals surface area contributed by atoms with E-state index in [-0.39, 0.29) is 5.15 Å². The fraction of sp³-hybridized carbons (Fsp3) is 0.0625. The molecule has 1 heterocycles. The number of hydrogen-bond acceptors (Lipinski definition) is 1. The summed E-state index contributed by atoms with van der Waals surface area (Å²) in [5.41, 5.74) is 1.12. The Balaban J connectivity index is 2.09. The van der Waals surface area contributed by atoms with Crippen molar-refractivity contribution in [1.82, 2.24) is 4.98 Å². The quantitative estimate of drug-likeness (QED) is 0.550. The molecule has 0 aliphatic heterocycles. The third kappa shape index (κ3) is 2.72. The zero-order valence-electron chi connectivity index (χ0n) is 10.6. The molecule has 0 N–H and O–H groups in total. The predicted octanol–water partition coefficient (Wildman–Crippen LogP) is 5.37. The smallest absolute Gasteiger partial charge is 0.235 e. The minimum Gasteiger partial charge on any atom is -0.235 e. The van der Waals surface area contributed by atoms with Gasteiger partial charge in [0, 0.05) is 17.0 Å². The van der Waals surface area contributed by atoms with Crippen LogP contribution in [-0.4, -0.2) is 4.98 Å². The highest BCUT2D eigenvalue weighted by molar-refractivity contribution is 6.32. The second-order valence-corrected chi connectivity index (χ2v) is 4.87. The van der Waals surface area contributed by atoms with Crippen molar-refractivity contribution >= 4 is 22.5 Å². The fourth-order valence-electron chi connectivity index (χ4n) is 2.07. The van der Waals surface area contributed by atoms with Gasteiger partial charge < -0.3 is 0 Å². The van der Waals surface area contributed by atoms with Gasteiger partial charge in [0.1, 0.15) is 5.15 Å². The average Bonchev–Trinajstić information content (AvgIpc) is 2.46. The second-order valence-electron chi connectivity index (χ2n) is 4.51. The van der Waals surface area contributed by atoms with Gasteiger partial charge in [-0.2, -0.15) is 13.2 Å². The van der Waals surface area contributed by atoms with E-state index < -0.39 is 11.7 Å². The van der Waals surface area contributed by atoms with Gasteiger partial charge in [0.25, 0.3) is 0 Å². The third-order valence-electron chi connectivity index (χ3n) is 3.12. The zero-order valence-corrected chi connectivity index (χ0v) is 11.3. The summed E-state index contributed by atoms with van der Waals surface area (Å²) in [7, 11) is 0. The minimum absolute atomic E-state index is 0.240. The lowest BCUT2D eigenvalue weighted by atomic mass is 10.0. The molecule has 3 rings (SSSR count). The van der Waals surface area contributed by atoms with Crippen LogP contribution in [0.25, 0.3) is 22.0 Å². The monoisotopic (exact) mass is 306 g/mol. The Morgan fingerprint density at radius 3 is 2.43 bits per heavy atom. The van der Waals surface area contributed by atoms with Crippen molar-refractivity contribution in [2.45, 2.75) is 6.18 Å². The molecule has 0 spiro atoms. The Morgan fingerprint density at radius 2 is 1.76 bits per heavy atom. The molecule has 105 valence electrons. The Hall–Kier alpha value is -2.07. The molecule has 0 aliphatic carbocycles. The summed E-state index contributed by atoms with van der Waals surface area (Å²) in [5, 5.41) is 1.07. The van der Waals surface area contributed by atoms with Crippen LogP contribution in [0, 0.1) is 6.07 Å². The third-order valence-corrected chi connectivity index (χ3v) is 3.41. The maximum absolute atomic E-state index is 12.6. The maximum Gasteiger partial charge on any atom is 0.416 e. The number of fused-ring (bicyclic) bond motifs is 1. The molecule has 1 aromatic heterocycles. The molecule has 21 heavy (non-hydrogen) atoms. The van der Waals surface area contributed by atoms with Crippen molar-refractivity contribution in [3.8, 4) is 11.1 Å². The molecule has 1 radical (unpaired) electrons. The van der Waals surface area contributed by atoms with Crippen LogP contribution in [0.5, 0.6) is 0 Å². The molecule has 3 aromatic rings. The van der Waals surface area contributed by atoms with Crippen molar-refractivity contribution in [3.63, 3.8) is 0 Å². The fourth-order valence-corrected chi connectivity index (χ4v) is 2.32. The summed E-state index contributed by atoms with van der Waals surface area (Å²) in [5.74, 6) is 0. The van der Waals surface area contributed by atoms with Gasteiger partial charge in [-0.3, -0.25) is 0 Å². The van der Waals surface area contributed by atoms with E-state index in [0.29, 0.717) is 16.6 Å². The molecule has 0 atom stereocenters. The first kappa shape index (κ1) is 13.9. The molecule has 0 fully saturated rings. The number of halogens is 4. The highest BCUT2D eigenvalue weighted by Crippen LogP contribution is 2.33. The largest absolute Gasteiger partial charge is 0.416 e. The van der Waals surface area contributed by atoms with Crippen molar-refractivity contribution < 1.29 is 13.2 Å². The van der Waals surface area contributed by atoms with E-state index in [1.807, 2.05) is 12.1 Å². The summed E-state index contributed by atoms with van der Waals surface area (Å²) in [6.07, 6.45) is -4.35. The first-order valence-corrected chi connectivity index (χ1v) is 6.47. The van der Waals surface area contributed by atoms with E-state index in [2.05, 4.69) is 11.1 Å². The molecule has 2 aromatic carbocycles. The van der Waals surface area contributed by atoms with Crippen LogP contribution in [-0.2, 0) is 6.18 Å². The van der Waals surface area contributed by atoms with Crippen molar-refractivity contribution in [2.24, 2.45) is 0 Å². The molecule has 1 nitrogen and oxygen atoms in total. The topological polar surface area (TPSA) is 12.9 Å². The predicted molar refractivity (Wildman–Crippen MR) is 76.0 cm³/mol. The van der Waals surface area contributed by atoms with Crippen molar-refractivity contribution in [3.05, 3.63) is 65.3 Å². The number of benzene rings is 2. The van der Waals surface area contributed by atoms with Crippen LogP contribution in [0.4, 0.5) is 13.2 Å². The lowest BCUT2D eigenvalue weighted by Gasteiger charge is -2.09. The van der Waals surface area contributed by atoms with E-state index in [1.54, 1.807) is 12.1 Å². The van der Waals surface area contributed by atoms with Gasteiger partial charge in [0.05, 0.1) is 11.1 Å². The molecule has 0 bridgehead atoms. The first-order valence-electron chi connectivity index (χ1n) is 6.10. The number of nitrogens with zero attached hydrogens (tertiary/aromatic N) is 1. The Labute approximate surface area is 124 Å². The van der Waals surface area contributed by atoms with E-state index >= 15 is 0 Å². The van der Waals surface area contributed by atoms with Gasteiger partial charge in [-0.1, -0.05) is 41.9 Å². The SMILES string of the molecule is FC(F)(F)c1ccc(-c2cc3ccc[c]c3nc2Cl)cc1. The Kier molecular flexibility index (Phi) is 3.33. The van der Waals surface area contributed by atoms with Gasteiger partial charge in [0.2, 0.25) is 0 Å². The standard InChI is InChI=1S/C16H8ClF3N/c17-15-13(9-11-3-1-2-4-14(11)21-15)10-5-7-12(8-6-10)16(18,19)20/h1-3,5-9H. The minimum atomic E-state index is -4.35. The summed E-state index contributed by atoms with van der Waals surface area (Å²) in [6.45, 7) is 0. The van der Waals surface area contributed by atoms with E-state index in [4.69, 9.17) is 11.6 Å². The Morgan fingerprint density at radius 1 is 1.05 bits per heavy atom. The summed E-state index contributed by atoms with van der Waals surface area (Å²) in [4.78, 5) is 4.21. The van der Waals surface area contributed by atoms with Crippen LogP contribution >= 0.6 is 11.6 Å². The molecule has 0 saturated heterocycles. The molecular weight excluding hydrogens is 299 g/mol. The number of hydrogen-bond donors (Lipinski definition) is 0. The van der Waals surface area contributed by atoms with Crippen LogP contribution in [0.15, 0.2) is 48.5 Å². The number of pyridine rings is 1. The molecule has 0 aliphatic rings. The molecular formula is C16H8ClF3N. The van der Waals surface area contributed by atoms with Crippen LogP contribution in [0.1, 0.15) is 5.56 Å². The highest BCUT2D eigenvalue weighted by atomic mass is 35.5. The lowest BCUT2D eigenvalue weighted by molar-refractivity contribution is -0.137. The van der Waals surface area contributed by atoms with E-state index in [0.717, 1.165) is 17.5 Å². The van der Waals surface area contributed by atoms with Crippen LogP contribution < -0.4 is 0 Å². The molecule has 0 saturated carbocycles. The van der Waals surface area contributed by atoms with Gasteiger partial charge in [-0.15, -0.1) is 0 Å². The molecule has 5 heteroatoms. The molecule has 0 unspecified atom stereocenters. The van der Waals surface area contributed by atoms with Crippen LogP contribution in [0.2, 0.25) is 5.15 Å². The molecule has 0 amide bonds. The summed E-state index contributed by atoms with van der Waals surface area (Å²) < 4.78 is 37.7. The van der Waals surface area contributed by atoms with Crippen molar-refractivity contribution in [2.75, 3.05) is 0 Å². The van der Waals surface area contributed by atoms with Crippen molar-refractivity contribution in [1.29, 1.82) is 0 Å². The van der Waals surface area contributed by atoms with Gasteiger partial charge in [-0.25, -0.2) is 4.98 Å². The highest BCUT2D eigenvalue weighted by Gasteiger charge is 2.30. The van der Waals surface area contributed by atoms with Gasteiger partial charge in [0.15, 0.2) is 0 Å². The number of rotatable bonds is 1. The first-order chi connectivity index (χ1) is 9.95. The van der Waals surface area contributed by atoms with Gasteiger partial charge in [-0.05, 0) is 23.8 Å². The lowest BCUT2D eigenvalue weighted by Crippen LogP contribution is -2.04. The second kappa shape index (κ2) is 5.04. The average molecular weight is 307 g/mol. The van der Waals surface area contributed by atoms with E-state index in [9.17, 15) is 13.2 Å². The number of para-hydroxylation sites is 1. The number of alkyl halides is 3. The normalized spacial score (nSPS) is 11.8.